The number of hydrogen-bond acceptors (Lipinski definition) is 4. The molecule has 88 valence electrons. The van der Waals surface area contributed by atoms with Gasteiger partial charge in [0.15, 0.2) is 15.6 Å². The lowest BCUT2D eigenvalue weighted by molar-refractivity contribution is 0.102. The topological polar surface area (TPSA) is 60.4 Å². The summed E-state index contributed by atoms with van der Waals surface area (Å²) < 4.78 is 27.5. The van der Waals surface area contributed by atoms with Crippen molar-refractivity contribution in [3.8, 4) is 5.75 Å². The highest BCUT2D eigenvalue weighted by atomic mass is 32.2. The first-order chi connectivity index (χ1) is 7.48. The Hall–Kier alpha value is -1.36. The fourth-order valence-corrected chi connectivity index (χ4v) is 1.93. The second-order valence-electron chi connectivity index (χ2n) is 3.33. The van der Waals surface area contributed by atoms with Crippen LogP contribution in [0.2, 0.25) is 0 Å². The highest BCUT2D eigenvalue weighted by molar-refractivity contribution is 7.92. The second kappa shape index (κ2) is 5.12. The summed E-state index contributed by atoms with van der Waals surface area (Å²) in [5, 5.41) is 0. The van der Waals surface area contributed by atoms with Crippen LogP contribution in [0, 0.1) is 0 Å². The van der Waals surface area contributed by atoms with Crippen molar-refractivity contribution in [2.24, 2.45) is 0 Å². The van der Waals surface area contributed by atoms with E-state index < -0.39 is 15.6 Å². The molecule has 0 amide bonds. The van der Waals surface area contributed by atoms with Gasteiger partial charge in [-0.2, -0.15) is 0 Å². The van der Waals surface area contributed by atoms with E-state index in [-0.39, 0.29) is 11.5 Å². The molecule has 0 radical (unpaired) electrons. The lowest BCUT2D eigenvalue weighted by atomic mass is 10.1. The summed E-state index contributed by atoms with van der Waals surface area (Å²) >= 11 is 0. The number of sulfone groups is 1. The minimum Gasteiger partial charge on any atom is -0.497 e. The van der Waals surface area contributed by atoms with Crippen LogP contribution in [0.3, 0.4) is 0 Å². The van der Waals surface area contributed by atoms with Crippen LogP contribution in [-0.2, 0) is 9.84 Å². The summed E-state index contributed by atoms with van der Waals surface area (Å²) in [5.74, 6) is -0.204. The molecule has 0 aliphatic rings. The van der Waals surface area contributed by atoms with Crippen LogP contribution >= 0.6 is 0 Å². The molecule has 0 aromatic heterocycles. The SMILES string of the molecule is CCS(=O)(=O)CC(=O)c1ccc(OC)cc1. The maximum absolute atomic E-state index is 11.6. The minimum atomic E-state index is -3.26. The van der Waals surface area contributed by atoms with Crippen molar-refractivity contribution in [2.75, 3.05) is 18.6 Å². The second-order valence-corrected chi connectivity index (χ2v) is 5.68. The van der Waals surface area contributed by atoms with Crippen LogP contribution in [0.1, 0.15) is 17.3 Å². The Labute approximate surface area is 95.2 Å². The number of rotatable bonds is 5. The third kappa shape index (κ3) is 3.34. The van der Waals surface area contributed by atoms with Crippen LogP contribution in [0.15, 0.2) is 24.3 Å². The van der Waals surface area contributed by atoms with Gasteiger partial charge in [0.1, 0.15) is 11.5 Å². The van der Waals surface area contributed by atoms with E-state index in [9.17, 15) is 13.2 Å². The number of methoxy groups -OCH3 is 1. The van der Waals surface area contributed by atoms with E-state index in [4.69, 9.17) is 4.74 Å². The van der Waals surface area contributed by atoms with E-state index in [0.29, 0.717) is 11.3 Å². The molecule has 0 aliphatic heterocycles. The molecule has 4 nitrogen and oxygen atoms in total. The van der Waals surface area contributed by atoms with E-state index in [1.165, 1.54) is 14.0 Å². The number of carbonyl (C=O) groups is 1. The molecule has 1 aromatic carbocycles. The van der Waals surface area contributed by atoms with Gasteiger partial charge in [-0.05, 0) is 24.3 Å². The average Bonchev–Trinajstić information content (AvgIpc) is 2.28. The summed E-state index contributed by atoms with van der Waals surface area (Å²) in [4.78, 5) is 11.6. The lowest BCUT2D eigenvalue weighted by Crippen LogP contribution is -2.17. The van der Waals surface area contributed by atoms with Crippen LogP contribution in [0.5, 0.6) is 5.75 Å². The molecule has 0 saturated heterocycles. The lowest BCUT2D eigenvalue weighted by Gasteiger charge is -2.03. The van der Waals surface area contributed by atoms with Crippen molar-refractivity contribution in [1.29, 1.82) is 0 Å². The summed E-state index contributed by atoms with van der Waals surface area (Å²) in [7, 11) is -1.74. The standard InChI is InChI=1S/C11H14O4S/c1-3-16(13,14)8-11(12)9-4-6-10(15-2)7-5-9/h4-7H,3,8H2,1-2H3. The predicted molar refractivity (Wildman–Crippen MR) is 61.7 cm³/mol. The molecule has 0 aliphatic carbocycles. The summed E-state index contributed by atoms with van der Waals surface area (Å²) in [6, 6.07) is 6.39. The molecule has 0 spiro atoms. The van der Waals surface area contributed by atoms with Gasteiger partial charge in [-0.15, -0.1) is 0 Å². The molecule has 0 saturated carbocycles. The zero-order chi connectivity index (χ0) is 12.2. The quantitative estimate of drug-likeness (QED) is 0.730. The molecular formula is C11H14O4S. The van der Waals surface area contributed by atoms with Crippen LogP contribution < -0.4 is 4.74 Å². The average molecular weight is 242 g/mol. The Morgan fingerprint density at radius 1 is 1.25 bits per heavy atom. The van der Waals surface area contributed by atoms with E-state index in [2.05, 4.69) is 0 Å². The number of hydrogen-bond donors (Lipinski definition) is 0. The van der Waals surface area contributed by atoms with Gasteiger partial charge in [0.05, 0.1) is 7.11 Å². The zero-order valence-corrected chi connectivity index (χ0v) is 10.1. The first kappa shape index (κ1) is 12.7. The van der Waals surface area contributed by atoms with E-state index >= 15 is 0 Å². The fourth-order valence-electron chi connectivity index (χ4n) is 1.16. The zero-order valence-electron chi connectivity index (χ0n) is 9.26. The molecule has 5 heteroatoms. The first-order valence-electron chi connectivity index (χ1n) is 4.86. The number of carbonyl (C=O) groups excluding carboxylic acids is 1. The maximum Gasteiger partial charge on any atom is 0.177 e. The smallest absolute Gasteiger partial charge is 0.177 e. The molecule has 0 heterocycles. The largest absolute Gasteiger partial charge is 0.497 e. The van der Waals surface area contributed by atoms with Crippen molar-refractivity contribution in [3.63, 3.8) is 0 Å². The number of ketones is 1. The monoisotopic (exact) mass is 242 g/mol. The van der Waals surface area contributed by atoms with Crippen LogP contribution in [0.4, 0.5) is 0 Å². The molecule has 16 heavy (non-hydrogen) atoms. The fraction of sp³-hybridized carbons (Fsp3) is 0.364. The summed E-state index contributed by atoms with van der Waals surface area (Å²) in [6.07, 6.45) is 0. The van der Waals surface area contributed by atoms with Gasteiger partial charge in [-0.1, -0.05) is 6.92 Å². The highest BCUT2D eigenvalue weighted by Crippen LogP contribution is 2.12. The van der Waals surface area contributed by atoms with Crippen LogP contribution in [-0.4, -0.2) is 32.8 Å². The summed E-state index contributed by atoms with van der Waals surface area (Å²) in [6.45, 7) is 1.52. The Morgan fingerprint density at radius 3 is 2.25 bits per heavy atom. The molecule has 0 unspecified atom stereocenters. The molecule has 0 bridgehead atoms. The molecule has 0 atom stereocenters. The Kier molecular flexibility index (Phi) is 4.06. The number of benzene rings is 1. The van der Waals surface area contributed by atoms with Gasteiger partial charge in [0.2, 0.25) is 0 Å². The normalized spacial score (nSPS) is 11.1. The number of Topliss-reactive ketones (excluding diaryl/α,β-unsaturated/α-hetero) is 1. The van der Waals surface area contributed by atoms with Gasteiger partial charge < -0.3 is 4.74 Å². The Balaban J connectivity index is 2.81. The van der Waals surface area contributed by atoms with Gasteiger partial charge >= 0.3 is 0 Å². The van der Waals surface area contributed by atoms with Gasteiger partial charge in [0.25, 0.3) is 0 Å². The van der Waals surface area contributed by atoms with Crippen molar-refractivity contribution in [1.82, 2.24) is 0 Å². The third-order valence-electron chi connectivity index (χ3n) is 2.20. The van der Waals surface area contributed by atoms with Crippen molar-refractivity contribution in [2.45, 2.75) is 6.92 Å². The van der Waals surface area contributed by atoms with E-state index in [1.54, 1.807) is 24.3 Å². The Bertz CT molecular complexity index is 459. The molecular weight excluding hydrogens is 228 g/mol. The van der Waals surface area contributed by atoms with E-state index in [1.807, 2.05) is 0 Å². The molecule has 0 N–H and O–H groups in total. The van der Waals surface area contributed by atoms with Crippen molar-refractivity contribution in [3.05, 3.63) is 29.8 Å². The third-order valence-corrected chi connectivity index (χ3v) is 3.78. The first-order valence-corrected chi connectivity index (χ1v) is 6.68. The maximum atomic E-state index is 11.6. The van der Waals surface area contributed by atoms with E-state index in [0.717, 1.165) is 0 Å². The van der Waals surface area contributed by atoms with Crippen molar-refractivity contribution < 1.29 is 17.9 Å². The summed E-state index contributed by atoms with van der Waals surface area (Å²) in [5.41, 5.74) is 0.387. The van der Waals surface area contributed by atoms with Gasteiger partial charge in [-0.3, -0.25) is 4.79 Å². The van der Waals surface area contributed by atoms with Crippen LogP contribution in [0.25, 0.3) is 0 Å². The van der Waals surface area contributed by atoms with Crippen molar-refractivity contribution >= 4 is 15.6 Å². The molecule has 0 fully saturated rings. The number of ether oxygens (including phenoxy) is 1. The molecule has 1 aromatic rings. The predicted octanol–water partition coefficient (Wildman–Crippen LogP) is 1.31. The highest BCUT2D eigenvalue weighted by Gasteiger charge is 2.15. The van der Waals surface area contributed by atoms with Gasteiger partial charge in [-0.25, -0.2) is 8.42 Å². The van der Waals surface area contributed by atoms with Gasteiger partial charge in [0, 0.05) is 11.3 Å². The molecule has 1 rings (SSSR count). The Morgan fingerprint density at radius 2 is 1.81 bits per heavy atom. The minimum absolute atomic E-state index is 0.0190.